The molecule has 0 saturated heterocycles. The van der Waals surface area contributed by atoms with Crippen molar-refractivity contribution in [1.82, 2.24) is 14.8 Å². The van der Waals surface area contributed by atoms with E-state index in [-0.39, 0.29) is 11.2 Å². The van der Waals surface area contributed by atoms with Gasteiger partial charge in [-0.15, -0.1) is 16.8 Å². The average molecular weight is 357 g/mol. The minimum Gasteiger partial charge on any atom is -0.324 e. The maximum Gasteiger partial charge on any atom is 0.237 e. The number of nitrogens with one attached hydrogen (secondary N) is 1. The Balaban J connectivity index is 2.04. The van der Waals surface area contributed by atoms with Crippen LogP contribution in [-0.4, -0.2) is 25.9 Å². The molecule has 0 aliphatic rings. The molecule has 5 nitrogen and oxygen atoms in total. The lowest BCUT2D eigenvalue weighted by Crippen LogP contribution is -2.23. The Bertz CT molecular complexity index is 689. The Morgan fingerprint density at radius 3 is 3.05 bits per heavy atom. The van der Waals surface area contributed by atoms with Crippen LogP contribution in [-0.2, 0) is 11.3 Å². The molecule has 1 atom stereocenters. The third kappa shape index (κ3) is 4.25. The predicted octanol–water partition coefficient (Wildman–Crippen LogP) is 3.89. The van der Waals surface area contributed by atoms with Crippen LogP contribution in [0.2, 0.25) is 10.0 Å². The van der Waals surface area contributed by atoms with E-state index >= 15 is 0 Å². The van der Waals surface area contributed by atoms with Gasteiger partial charge in [-0.3, -0.25) is 4.79 Å². The number of rotatable bonds is 6. The van der Waals surface area contributed by atoms with Gasteiger partial charge in [0.2, 0.25) is 5.91 Å². The van der Waals surface area contributed by atoms with E-state index in [9.17, 15) is 4.79 Å². The van der Waals surface area contributed by atoms with E-state index in [1.54, 1.807) is 37.5 Å². The number of aromatic nitrogens is 3. The van der Waals surface area contributed by atoms with E-state index in [0.29, 0.717) is 27.4 Å². The summed E-state index contributed by atoms with van der Waals surface area (Å²) in [6.45, 7) is 6.04. The lowest BCUT2D eigenvalue weighted by Gasteiger charge is -2.13. The third-order valence-corrected chi connectivity index (χ3v) is 4.40. The predicted molar refractivity (Wildman–Crippen MR) is 90.6 cm³/mol. The molecule has 1 heterocycles. The highest BCUT2D eigenvalue weighted by Gasteiger charge is 2.18. The molecule has 1 amide bonds. The number of carbonyl (C=O) groups excluding carboxylic acids is 1. The number of hydrogen-bond donors (Lipinski definition) is 1. The summed E-state index contributed by atoms with van der Waals surface area (Å²) < 4.78 is 1.81. The second-order valence-electron chi connectivity index (χ2n) is 4.43. The molecule has 2 rings (SSSR count). The second kappa shape index (κ2) is 7.67. The van der Waals surface area contributed by atoms with Gasteiger partial charge in [0.25, 0.3) is 0 Å². The van der Waals surface area contributed by atoms with Crippen molar-refractivity contribution < 1.29 is 4.79 Å². The van der Waals surface area contributed by atoms with Crippen LogP contribution in [0.1, 0.15) is 6.92 Å². The molecule has 0 aliphatic heterocycles. The summed E-state index contributed by atoms with van der Waals surface area (Å²) in [7, 11) is 0. The van der Waals surface area contributed by atoms with Gasteiger partial charge in [-0.25, -0.2) is 0 Å². The van der Waals surface area contributed by atoms with Crippen molar-refractivity contribution in [2.45, 2.75) is 23.9 Å². The highest BCUT2D eigenvalue weighted by molar-refractivity contribution is 8.00. The first kappa shape index (κ1) is 16.9. The van der Waals surface area contributed by atoms with Crippen molar-refractivity contribution >= 4 is 46.6 Å². The van der Waals surface area contributed by atoms with Crippen LogP contribution in [0.4, 0.5) is 5.69 Å². The fraction of sp³-hybridized carbons (Fsp3) is 0.214. The van der Waals surface area contributed by atoms with Gasteiger partial charge in [0, 0.05) is 11.6 Å². The molecule has 0 radical (unpaired) electrons. The van der Waals surface area contributed by atoms with Crippen molar-refractivity contribution in [2.24, 2.45) is 0 Å². The largest absolute Gasteiger partial charge is 0.324 e. The molecule has 1 aromatic heterocycles. The Kier molecular flexibility index (Phi) is 5.88. The zero-order valence-corrected chi connectivity index (χ0v) is 14.1. The Labute approximate surface area is 142 Å². The molecule has 1 aromatic carbocycles. The molecule has 22 heavy (non-hydrogen) atoms. The molecule has 0 aliphatic carbocycles. The maximum atomic E-state index is 12.3. The van der Waals surface area contributed by atoms with Gasteiger partial charge in [-0.2, -0.15) is 0 Å². The minimum absolute atomic E-state index is 0.192. The van der Waals surface area contributed by atoms with Crippen molar-refractivity contribution in [3.05, 3.63) is 47.2 Å². The summed E-state index contributed by atoms with van der Waals surface area (Å²) in [6.07, 6.45) is 3.34. The highest BCUT2D eigenvalue weighted by atomic mass is 35.5. The van der Waals surface area contributed by atoms with Gasteiger partial charge in [-0.05, 0) is 25.1 Å². The first-order valence-electron chi connectivity index (χ1n) is 6.42. The summed E-state index contributed by atoms with van der Waals surface area (Å²) >= 11 is 13.2. The van der Waals surface area contributed by atoms with E-state index < -0.39 is 0 Å². The van der Waals surface area contributed by atoms with Crippen LogP contribution < -0.4 is 5.32 Å². The average Bonchev–Trinajstić information content (AvgIpc) is 2.90. The lowest BCUT2D eigenvalue weighted by atomic mass is 10.3. The van der Waals surface area contributed by atoms with E-state index in [4.69, 9.17) is 23.2 Å². The number of anilines is 1. The van der Waals surface area contributed by atoms with Crippen LogP contribution in [0.5, 0.6) is 0 Å². The number of allylic oxidation sites excluding steroid dienone is 1. The van der Waals surface area contributed by atoms with E-state index in [1.807, 2.05) is 4.57 Å². The van der Waals surface area contributed by atoms with Gasteiger partial charge in [0.15, 0.2) is 5.16 Å². The zero-order valence-electron chi connectivity index (χ0n) is 11.8. The lowest BCUT2D eigenvalue weighted by molar-refractivity contribution is -0.115. The molecular formula is C14H14Cl2N4OS. The molecular weight excluding hydrogens is 343 g/mol. The number of nitrogens with zero attached hydrogens (tertiary/aromatic N) is 3. The van der Waals surface area contributed by atoms with Gasteiger partial charge < -0.3 is 9.88 Å². The van der Waals surface area contributed by atoms with Crippen molar-refractivity contribution in [3.8, 4) is 0 Å². The number of amides is 1. The topological polar surface area (TPSA) is 59.8 Å². The minimum atomic E-state index is -0.372. The Morgan fingerprint density at radius 2 is 2.32 bits per heavy atom. The van der Waals surface area contributed by atoms with E-state index in [1.165, 1.54) is 11.8 Å². The van der Waals surface area contributed by atoms with Crippen LogP contribution in [0, 0.1) is 0 Å². The molecule has 8 heteroatoms. The van der Waals surface area contributed by atoms with Crippen molar-refractivity contribution in [2.75, 3.05) is 5.32 Å². The normalized spacial score (nSPS) is 12.0. The first-order valence-corrected chi connectivity index (χ1v) is 8.06. The van der Waals surface area contributed by atoms with Gasteiger partial charge in [0.05, 0.1) is 16.0 Å². The summed E-state index contributed by atoms with van der Waals surface area (Å²) in [6, 6.07) is 4.91. The number of carbonyl (C=O) groups is 1. The maximum absolute atomic E-state index is 12.3. The molecule has 1 unspecified atom stereocenters. The Morgan fingerprint density at radius 1 is 1.55 bits per heavy atom. The van der Waals surface area contributed by atoms with E-state index in [2.05, 4.69) is 22.1 Å². The summed E-state index contributed by atoms with van der Waals surface area (Å²) in [4.78, 5) is 12.3. The quantitative estimate of drug-likeness (QED) is 0.629. The fourth-order valence-corrected chi connectivity index (χ4v) is 2.81. The van der Waals surface area contributed by atoms with Crippen LogP contribution in [0.25, 0.3) is 0 Å². The molecule has 2 aromatic rings. The SMILES string of the molecule is C=CCn1cnnc1SC(C)C(=O)Nc1cc(Cl)ccc1Cl. The van der Waals surface area contributed by atoms with Gasteiger partial charge in [-0.1, -0.05) is 41.0 Å². The van der Waals surface area contributed by atoms with Crippen LogP contribution >= 0.6 is 35.0 Å². The van der Waals surface area contributed by atoms with Gasteiger partial charge >= 0.3 is 0 Å². The number of thioether (sulfide) groups is 1. The number of halogens is 2. The summed E-state index contributed by atoms with van der Waals surface area (Å²) in [5.74, 6) is -0.192. The first-order chi connectivity index (χ1) is 10.5. The zero-order chi connectivity index (χ0) is 16.1. The van der Waals surface area contributed by atoms with E-state index in [0.717, 1.165) is 0 Å². The summed E-state index contributed by atoms with van der Waals surface area (Å²) in [5.41, 5.74) is 0.485. The van der Waals surface area contributed by atoms with Crippen molar-refractivity contribution in [1.29, 1.82) is 0 Å². The van der Waals surface area contributed by atoms with Crippen LogP contribution in [0.3, 0.4) is 0 Å². The smallest absolute Gasteiger partial charge is 0.237 e. The number of hydrogen-bond acceptors (Lipinski definition) is 4. The van der Waals surface area contributed by atoms with Crippen molar-refractivity contribution in [3.63, 3.8) is 0 Å². The Hall–Kier alpha value is -1.50. The molecule has 0 bridgehead atoms. The molecule has 1 N–H and O–H groups in total. The van der Waals surface area contributed by atoms with Crippen LogP contribution in [0.15, 0.2) is 42.3 Å². The molecule has 116 valence electrons. The standard InChI is InChI=1S/C14H14Cl2N4OS/c1-3-6-20-8-17-19-14(20)22-9(2)13(21)18-12-7-10(15)4-5-11(12)16/h3-5,7-9H,1,6H2,2H3,(H,18,21). The van der Waals surface area contributed by atoms with Gasteiger partial charge in [0.1, 0.15) is 6.33 Å². The fourth-order valence-electron chi connectivity index (χ4n) is 1.64. The highest BCUT2D eigenvalue weighted by Crippen LogP contribution is 2.27. The third-order valence-electron chi connectivity index (χ3n) is 2.74. The molecule has 0 saturated carbocycles. The molecule has 0 spiro atoms. The monoisotopic (exact) mass is 356 g/mol. The second-order valence-corrected chi connectivity index (χ2v) is 6.58. The summed E-state index contributed by atoms with van der Waals surface area (Å²) in [5, 5.41) is 11.8. The number of benzene rings is 1. The molecule has 0 fully saturated rings.